The molecule has 0 fully saturated rings. The number of nitrogens with one attached hydrogen (secondary N) is 2. The van der Waals surface area contributed by atoms with Crippen molar-refractivity contribution in [2.75, 3.05) is 29.5 Å². The number of benzene rings is 2. The summed E-state index contributed by atoms with van der Waals surface area (Å²) in [5.41, 5.74) is 1.70. The Labute approximate surface area is 146 Å². The third-order valence-corrected chi connectivity index (χ3v) is 4.03. The Kier molecular flexibility index (Phi) is 4.80. The molecule has 0 saturated heterocycles. The zero-order chi connectivity index (χ0) is 17.9. The van der Waals surface area contributed by atoms with Gasteiger partial charge in [0.2, 0.25) is 15.9 Å². The Bertz CT molecular complexity index is 896. The number of rotatable bonds is 5. The Balaban J connectivity index is 1.65. The van der Waals surface area contributed by atoms with Crippen molar-refractivity contribution in [1.82, 2.24) is 0 Å². The molecule has 0 bridgehead atoms. The Hall–Kier alpha value is -2.74. The van der Waals surface area contributed by atoms with Gasteiger partial charge < -0.3 is 14.8 Å². The molecule has 0 aromatic heterocycles. The SMILES string of the molecule is CS(=O)(=O)Nc1cccc(NC(=O)Cc2ccc3c(c2)OCCO3)c1. The number of carbonyl (C=O) groups excluding carboxylic acids is 1. The van der Waals surface area contributed by atoms with E-state index >= 15 is 0 Å². The number of sulfonamides is 1. The maximum absolute atomic E-state index is 12.2. The highest BCUT2D eigenvalue weighted by atomic mass is 32.2. The number of carbonyl (C=O) groups is 1. The van der Waals surface area contributed by atoms with Crippen molar-refractivity contribution in [2.24, 2.45) is 0 Å². The predicted octanol–water partition coefficient (Wildman–Crippen LogP) is 2.01. The van der Waals surface area contributed by atoms with E-state index in [1.165, 1.54) is 0 Å². The maximum atomic E-state index is 12.2. The van der Waals surface area contributed by atoms with E-state index in [-0.39, 0.29) is 12.3 Å². The summed E-state index contributed by atoms with van der Waals surface area (Å²) in [6.07, 6.45) is 1.24. The monoisotopic (exact) mass is 362 g/mol. The van der Waals surface area contributed by atoms with Crippen LogP contribution in [-0.2, 0) is 21.2 Å². The Morgan fingerprint density at radius 1 is 1.04 bits per heavy atom. The van der Waals surface area contributed by atoms with Gasteiger partial charge >= 0.3 is 0 Å². The summed E-state index contributed by atoms with van der Waals surface area (Å²) < 4.78 is 35.9. The van der Waals surface area contributed by atoms with Gasteiger partial charge in [0.05, 0.1) is 18.4 Å². The van der Waals surface area contributed by atoms with Crippen LogP contribution in [0.4, 0.5) is 11.4 Å². The summed E-state index contributed by atoms with van der Waals surface area (Å²) in [6, 6.07) is 11.9. The summed E-state index contributed by atoms with van der Waals surface area (Å²) in [6.45, 7) is 1.01. The topological polar surface area (TPSA) is 93.7 Å². The number of fused-ring (bicyclic) bond motifs is 1. The minimum Gasteiger partial charge on any atom is -0.486 e. The number of hydrogen-bond acceptors (Lipinski definition) is 5. The number of amides is 1. The number of hydrogen-bond donors (Lipinski definition) is 2. The maximum Gasteiger partial charge on any atom is 0.229 e. The molecule has 2 aromatic carbocycles. The summed E-state index contributed by atoms with van der Waals surface area (Å²) >= 11 is 0. The minimum atomic E-state index is -3.37. The third kappa shape index (κ3) is 4.87. The molecule has 25 heavy (non-hydrogen) atoms. The van der Waals surface area contributed by atoms with E-state index in [1.807, 2.05) is 6.07 Å². The van der Waals surface area contributed by atoms with E-state index in [4.69, 9.17) is 9.47 Å². The van der Waals surface area contributed by atoms with Gasteiger partial charge in [0.1, 0.15) is 13.2 Å². The first-order chi connectivity index (χ1) is 11.9. The smallest absolute Gasteiger partial charge is 0.229 e. The van der Waals surface area contributed by atoms with Crippen molar-refractivity contribution in [2.45, 2.75) is 6.42 Å². The Morgan fingerprint density at radius 3 is 2.52 bits per heavy atom. The molecule has 0 saturated carbocycles. The van der Waals surface area contributed by atoms with Crippen molar-refractivity contribution in [1.29, 1.82) is 0 Å². The summed E-state index contributed by atoms with van der Waals surface area (Å²) in [5.74, 6) is 1.10. The zero-order valence-electron chi connectivity index (χ0n) is 13.6. The molecule has 1 aliphatic heterocycles. The molecular weight excluding hydrogens is 344 g/mol. The lowest BCUT2D eigenvalue weighted by atomic mass is 10.1. The first kappa shape index (κ1) is 17.1. The highest BCUT2D eigenvalue weighted by Gasteiger charge is 2.13. The van der Waals surface area contributed by atoms with Crippen LogP contribution < -0.4 is 19.5 Å². The largest absolute Gasteiger partial charge is 0.486 e. The van der Waals surface area contributed by atoms with Crippen molar-refractivity contribution < 1.29 is 22.7 Å². The van der Waals surface area contributed by atoms with Gasteiger partial charge in [-0.3, -0.25) is 9.52 Å². The lowest BCUT2D eigenvalue weighted by Crippen LogP contribution is -2.17. The fourth-order valence-corrected chi connectivity index (χ4v) is 3.02. The molecule has 7 nitrogen and oxygen atoms in total. The van der Waals surface area contributed by atoms with Crippen molar-refractivity contribution in [3.05, 3.63) is 48.0 Å². The lowest BCUT2D eigenvalue weighted by molar-refractivity contribution is -0.115. The molecule has 0 spiro atoms. The molecular formula is C17H18N2O5S. The van der Waals surface area contributed by atoms with E-state index in [9.17, 15) is 13.2 Å². The second-order valence-electron chi connectivity index (χ2n) is 5.66. The van der Waals surface area contributed by atoms with E-state index in [0.29, 0.717) is 36.1 Å². The van der Waals surface area contributed by atoms with Crippen LogP contribution in [0.1, 0.15) is 5.56 Å². The molecule has 2 N–H and O–H groups in total. The van der Waals surface area contributed by atoms with Crippen LogP contribution in [0.15, 0.2) is 42.5 Å². The van der Waals surface area contributed by atoms with Gasteiger partial charge in [0.15, 0.2) is 11.5 Å². The van der Waals surface area contributed by atoms with Crippen molar-refractivity contribution >= 4 is 27.3 Å². The van der Waals surface area contributed by atoms with Crippen LogP contribution in [-0.4, -0.2) is 33.8 Å². The fraction of sp³-hybridized carbons (Fsp3) is 0.235. The van der Waals surface area contributed by atoms with E-state index in [1.54, 1.807) is 36.4 Å². The fourth-order valence-electron chi connectivity index (χ4n) is 2.46. The average Bonchev–Trinajstić information content (AvgIpc) is 2.53. The average molecular weight is 362 g/mol. The van der Waals surface area contributed by atoms with Gasteiger partial charge in [-0.2, -0.15) is 0 Å². The second-order valence-corrected chi connectivity index (χ2v) is 7.41. The molecule has 132 valence electrons. The summed E-state index contributed by atoms with van der Waals surface area (Å²) in [7, 11) is -3.37. The molecule has 0 radical (unpaired) electrons. The van der Waals surface area contributed by atoms with Crippen LogP contribution in [0, 0.1) is 0 Å². The predicted molar refractivity (Wildman–Crippen MR) is 94.7 cm³/mol. The van der Waals surface area contributed by atoms with Gasteiger partial charge in [-0.05, 0) is 35.9 Å². The van der Waals surface area contributed by atoms with Crippen molar-refractivity contribution in [3.8, 4) is 11.5 Å². The lowest BCUT2D eigenvalue weighted by Gasteiger charge is -2.18. The molecule has 2 aromatic rings. The molecule has 0 unspecified atom stereocenters. The molecule has 8 heteroatoms. The zero-order valence-corrected chi connectivity index (χ0v) is 14.4. The molecule has 1 heterocycles. The molecule has 0 atom stereocenters. The third-order valence-electron chi connectivity index (χ3n) is 3.42. The van der Waals surface area contributed by atoms with Crippen molar-refractivity contribution in [3.63, 3.8) is 0 Å². The first-order valence-electron chi connectivity index (χ1n) is 7.65. The van der Waals surface area contributed by atoms with Gasteiger partial charge in [-0.15, -0.1) is 0 Å². The van der Waals surface area contributed by atoms with Gasteiger partial charge in [-0.25, -0.2) is 8.42 Å². The van der Waals surface area contributed by atoms with Crippen LogP contribution in [0.25, 0.3) is 0 Å². The number of anilines is 2. The highest BCUT2D eigenvalue weighted by Crippen LogP contribution is 2.31. The van der Waals surface area contributed by atoms with Gasteiger partial charge in [-0.1, -0.05) is 12.1 Å². The van der Waals surface area contributed by atoms with E-state index in [0.717, 1.165) is 11.8 Å². The molecule has 0 aliphatic carbocycles. The van der Waals surface area contributed by atoms with Crippen LogP contribution in [0.5, 0.6) is 11.5 Å². The first-order valence-corrected chi connectivity index (χ1v) is 9.54. The standard InChI is InChI=1S/C17H18N2O5S/c1-25(21,22)19-14-4-2-3-13(11-14)18-17(20)10-12-5-6-15-16(9-12)24-8-7-23-15/h2-6,9,11,19H,7-8,10H2,1H3,(H,18,20). The second kappa shape index (κ2) is 7.02. The van der Waals surface area contributed by atoms with Crippen LogP contribution >= 0.6 is 0 Å². The number of ether oxygens (including phenoxy) is 2. The van der Waals surface area contributed by atoms with E-state index in [2.05, 4.69) is 10.0 Å². The Morgan fingerprint density at radius 2 is 1.76 bits per heavy atom. The van der Waals surface area contributed by atoms with E-state index < -0.39 is 10.0 Å². The molecule has 1 amide bonds. The molecule has 3 rings (SSSR count). The summed E-state index contributed by atoms with van der Waals surface area (Å²) in [4.78, 5) is 12.2. The van der Waals surface area contributed by atoms with Gasteiger partial charge in [0, 0.05) is 5.69 Å². The molecule has 1 aliphatic rings. The quantitative estimate of drug-likeness (QED) is 0.849. The highest BCUT2D eigenvalue weighted by molar-refractivity contribution is 7.92. The van der Waals surface area contributed by atoms with Crippen LogP contribution in [0.2, 0.25) is 0 Å². The minimum absolute atomic E-state index is 0.167. The van der Waals surface area contributed by atoms with Crippen LogP contribution in [0.3, 0.4) is 0 Å². The summed E-state index contributed by atoms with van der Waals surface area (Å²) in [5, 5.41) is 2.75. The normalized spacial score (nSPS) is 13.2. The van der Waals surface area contributed by atoms with Gasteiger partial charge in [0.25, 0.3) is 0 Å².